The first-order valence-corrected chi connectivity index (χ1v) is 11.2. The highest BCUT2D eigenvalue weighted by molar-refractivity contribution is 7.99. The van der Waals surface area contributed by atoms with Crippen molar-refractivity contribution in [3.8, 4) is 0 Å². The lowest BCUT2D eigenvalue weighted by Crippen LogP contribution is -2.48. The van der Waals surface area contributed by atoms with Gasteiger partial charge in [0.1, 0.15) is 6.04 Å². The van der Waals surface area contributed by atoms with Crippen molar-refractivity contribution in [2.24, 2.45) is 0 Å². The van der Waals surface area contributed by atoms with Crippen LogP contribution in [-0.4, -0.2) is 35.6 Å². The lowest BCUT2D eigenvalue weighted by atomic mass is 10.1. The summed E-state index contributed by atoms with van der Waals surface area (Å²) in [5, 5.41) is 2.70. The second-order valence-corrected chi connectivity index (χ2v) is 8.52. The quantitative estimate of drug-likeness (QED) is 0.664. The molecule has 1 N–H and O–H groups in total. The summed E-state index contributed by atoms with van der Waals surface area (Å²) in [7, 11) is 1.62. The van der Waals surface area contributed by atoms with Gasteiger partial charge in [-0.25, -0.2) is 0 Å². The predicted octanol–water partition coefficient (Wildman–Crippen LogP) is 4.40. The number of thioether (sulfide) groups is 1. The third-order valence-corrected chi connectivity index (χ3v) is 5.87. The van der Waals surface area contributed by atoms with Crippen molar-refractivity contribution >= 4 is 23.6 Å². The number of nitrogens with zero attached hydrogens (tertiary/aromatic N) is 1. The van der Waals surface area contributed by atoms with Crippen LogP contribution < -0.4 is 5.32 Å². The molecule has 0 radical (unpaired) electrons. The van der Waals surface area contributed by atoms with Gasteiger partial charge in [0, 0.05) is 19.3 Å². The summed E-state index contributed by atoms with van der Waals surface area (Å²) in [5.41, 5.74) is 5.90. The first kappa shape index (κ1) is 23.0. The predicted molar refractivity (Wildman–Crippen MR) is 122 cm³/mol. The van der Waals surface area contributed by atoms with Crippen molar-refractivity contribution in [3.05, 3.63) is 70.3 Å². The molecular weight excluding hydrogens is 380 g/mol. The van der Waals surface area contributed by atoms with Crippen LogP contribution in [-0.2, 0) is 21.9 Å². The Hall–Kier alpha value is -2.27. The molecule has 0 spiro atoms. The van der Waals surface area contributed by atoms with Gasteiger partial charge in [0.05, 0.1) is 5.75 Å². The van der Waals surface area contributed by atoms with E-state index in [2.05, 4.69) is 37.4 Å². The lowest BCUT2D eigenvalue weighted by Gasteiger charge is -2.30. The average molecular weight is 413 g/mol. The van der Waals surface area contributed by atoms with Crippen LogP contribution in [0, 0.1) is 20.8 Å². The Morgan fingerprint density at radius 3 is 2.14 bits per heavy atom. The molecule has 0 aliphatic rings. The van der Waals surface area contributed by atoms with Crippen molar-refractivity contribution in [1.29, 1.82) is 0 Å². The fraction of sp³-hybridized carbons (Fsp3) is 0.417. The lowest BCUT2D eigenvalue weighted by molar-refractivity contribution is -0.139. The SMILES string of the molecule is CC[C@@H](C(=O)NC)N(Cc1ccc(C)cc1)C(=O)CSCc1cc(C)cc(C)c1. The number of carbonyl (C=O) groups is 2. The molecule has 0 saturated heterocycles. The largest absolute Gasteiger partial charge is 0.357 e. The summed E-state index contributed by atoms with van der Waals surface area (Å²) in [5.74, 6) is 1.01. The van der Waals surface area contributed by atoms with Crippen LogP contribution in [0.15, 0.2) is 42.5 Å². The Kier molecular flexibility index (Phi) is 8.77. The van der Waals surface area contributed by atoms with Crippen LogP contribution in [0.2, 0.25) is 0 Å². The molecule has 0 aromatic heterocycles. The molecule has 2 aromatic carbocycles. The molecule has 2 rings (SSSR count). The highest BCUT2D eigenvalue weighted by atomic mass is 32.2. The highest BCUT2D eigenvalue weighted by Gasteiger charge is 2.27. The number of likely N-dealkylation sites (N-methyl/N-ethyl adjacent to an activating group) is 1. The highest BCUT2D eigenvalue weighted by Crippen LogP contribution is 2.19. The van der Waals surface area contributed by atoms with Crippen LogP contribution in [0.5, 0.6) is 0 Å². The summed E-state index contributed by atoms with van der Waals surface area (Å²) < 4.78 is 0. The third-order valence-electron chi connectivity index (χ3n) is 4.88. The minimum Gasteiger partial charge on any atom is -0.357 e. The van der Waals surface area contributed by atoms with E-state index in [1.165, 1.54) is 22.3 Å². The van der Waals surface area contributed by atoms with E-state index in [0.29, 0.717) is 18.7 Å². The topological polar surface area (TPSA) is 49.4 Å². The number of hydrogen-bond donors (Lipinski definition) is 1. The van der Waals surface area contributed by atoms with Gasteiger partial charge in [-0.3, -0.25) is 9.59 Å². The van der Waals surface area contributed by atoms with Gasteiger partial charge in [-0.2, -0.15) is 0 Å². The number of aryl methyl sites for hydroxylation is 3. The van der Waals surface area contributed by atoms with Gasteiger partial charge in [0.15, 0.2) is 0 Å². The monoisotopic (exact) mass is 412 g/mol. The summed E-state index contributed by atoms with van der Waals surface area (Å²) in [6, 6.07) is 14.1. The Morgan fingerprint density at radius 2 is 1.59 bits per heavy atom. The molecule has 4 nitrogen and oxygen atoms in total. The Balaban J connectivity index is 2.10. The normalized spacial score (nSPS) is 11.8. The van der Waals surface area contributed by atoms with Crippen molar-refractivity contribution in [2.75, 3.05) is 12.8 Å². The summed E-state index contributed by atoms with van der Waals surface area (Å²) >= 11 is 1.60. The molecule has 29 heavy (non-hydrogen) atoms. The molecule has 2 aromatic rings. The fourth-order valence-corrected chi connectivity index (χ4v) is 4.31. The first-order chi connectivity index (χ1) is 13.8. The minimum absolute atomic E-state index is 0.00426. The number of carbonyl (C=O) groups excluding carboxylic acids is 2. The van der Waals surface area contributed by atoms with Gasteiger partial charge >= 0.3 is 0 Å². The molecular formula is C24H32N2O2S. The van der Waals surface area contributed by atoms with Crippen molar-refractivity contribution in [2.45, 2.75) is 52.5 Å². The van der Waals surface area contributed by atoms with Gasteiger partial charge in [-0.05, 0) is 38.3 Å². The van der Waals surface area contributed by atoms with E-state index in [4.69, 9.17) is 0 Å². The second kappa shape index (κ2) is 11.1. The zero-order chi connectivity index (χ0) is 21.4. The summed E-state index contributed by atoms with van der Waals surface area (Å²) in [6.07, 6.45) is 0.582. The molecule has 2 amide bonds. The molecule has 0 aliphatic heterocycles. The van der Waals surface area contributed by atoms with Crippen LogP contribution >= 0.6 is 11.8 Å². The van der Waals surface area contributed by atoms with E-state index < -0.39 is 6.04 Å². The van der Waals surface area contributed by atoms with Gasteiger partial charge < -0.3 is 10.2 Å². The van der Waals surface area contributed by atoms with E-state index in [9.17, 15) is 9.59 Å². The van der Waals surface area contributed by atoms with Gasteiger partial charge in [0.25, 0.3) is 0 Å². The van der Waals surface area contributed by atoms with E-state index in [1.54, 1.807) is 23.7 Å². The maximum atomic E-state index is 13.1. The summed E-state index contributed by atoms with van der Waals surface area (Å²) in [4.78, 5) is 27.2. The molecule has 1 atom stereocenters. The number of amides is 2. The molecule has 5 heteroatoms. The average Bonchev–Trinajstić information content (AvgIpc) is 2.68. The van der Waals surface area contributed by atoms with Crippen molar-refractivity contribution in [1.82, 2.24) is 10.2 Å². The molecule has 0 unspecified atom stereocenters. The molecule has 0 bridgehead atoms. The Labute approximate surface area is 179 Å². The first-order valence-electron chi connectivity index (χ1n) is 10.1. The minimum atomic E-state index is -0.462. The van der Waals surface area contributed by atoms with Gasteiger partial charge in [0.2, 0.25) is 11.8 Å². The number of nitrogens with one attached hydrogen (secondary N) is 1. The van der Waals surface area contributed by atoms with E-state index >= 15 is 0 Å². The Morgan fingerprint density at radius 1 is 0.966 bits per heavy atom. The van der Waals surface area contributed by atoms with Gasteiger partial charge in [-0.1, -0.05) is 66.1 Å². The van der Waals surface area contributed by atoms with Gasteiger partial charge in [-0.15, -0.1) is 11.8 Å². The number of benzene rings is 2. The van der Waals surface area contributed by atoms with Crippen molar-refractivity contribution < 1.29 is 9.59 Å². The van der Waals surface area contributed by atoms with Crippen LogP contribution in [0.1, 0.15) is 41.2 Å². The van der Waals surface area contributed by atoms with Crippen LogP contribution in [0.25, 0.3) is 0 Å². The second-order valence-electron chi connectivity index (χ2n) is 7.53. The van der Waals surface area contributed by atoms with Crippen LogP contribution in [0.3, 0.4) is 0 Å². The third kappa shape index (κ3) is 6.93. The molecule has 0 saturated carbocycles. The van der Waals surface area contributed by atoms with E-state index in [-0.39, 0.29) is 11.8 Å². The zero-order valence-electron chi connectivity index (χ0n) is 18.1. The fourth-order valence-electron chi connectivity index (χ4n) is 3.47. The Bertz CT molecular complexity index is 813. The number of hydrogen-bond acceptors (Lipinski definition) is 3. The molecule has 156 valence electrons. The molecule has 0 aliphatic carbocycles. The summed E-state index contributed by atoms with van der Waals surface area (Å²) in [6.45, 7) is 8.60. The maximum absolute atomic E-state index is 13.1. The smallest absolute Gasteiger partial charge is 0.242 e. The van der Waals surface area contributed by atoms with Crippen molar-refractivity contribution in [3.63, 3.8) is 0 Å². The molecule has 0 heterocycles. The molecule has 0 fully saturated rings. The standard InChI is InChI=1S/C24H32N2O2S/c1-6-22(24(28)25-5)26(14-20-9-7-17(2)8-10-20)23(27)16-29-15-21-12-18(3)11-19(4)13-21/h7-13,22H,6,14-16H2,1-5H3,(H,25,28)/t22-/m0/s1. The number of rotatable bonds is 9. The van der Waals surface area contributed by atoms with E-state index in [1.807, 2.05) is 38.1 Å². The maximum Gasteiger partial charge on any atom is 0.242 e. The van der Waals surface area contributed by atoms with Crippen LogP contribution in [0.4, 0.5) is 0 Å². The van der Waals surface area contributed by atoms with E-state index in [0.717, 1.165) is 11.3 Å². The zero-order valence-corrected chi connectivity index (χ0v) is 18.9.